The summed E-state index contributed by atoms with van der Waals surface area (Å²) in [5.74, 6) is -1.22. The molecule has 0 spiro atoms. The van der Waals surface area contributed by atoms with Crippen molar-refractivity contribution in [2.75, 3.05) is 0 Å². The Balaban J connectivity index is 1.85. The summed E-state index contributed by atoms with van der Waals surface area (Å²) in [6.45, 7) is 6.60. The van der Waals surface area contributed by atoms with E-state index in [4.69, 9.17) is 19.6 Å². The first-order chi connectivity index (χ1) is 20.6. The van der Waals surface area contributed by atoms with E-state index < -0.39 is 18.2 Å². The van der Waals surface area contributed by atoms with Crippen molar-refractivity contribution in [3.05, 3.63) is 70.8 Å². The molecule has 0 aliphatic carbocycles. The Labute approximate surface area is 254 Å². The lowest BCUT2D eigenvalue weighted by Crippen LogP contribution is -2.22. The van der Waals surface area contributed by atoms with E-state index in [0.29, 0.717) is 17.5 Å². The molecule has 2 rings (SSSR count). The molecule has 0 saturated heterocycles. The second kappa shape index (κ2) is 22.8. The van der Waals surface area contributed by atoms with Gasteiger partial charge in [-0.3, -0.25) is 9.78 Å². The first-order valence-electron chi connectivity index (χ1n) is 16.5. The molecule has 234 valence electrons. The van der Waals surface area contributed by atoms with Crippen LogP contribution in [-0.4, -0.2) is 18.2 Å². The van der Waals surface area contributed by atoms with E-state index in [1.807, 2.05) is 24.3 Å². The number of carbonyl (C=O) groups excluding carboxylic acids is 2. The van der Waals surface area contributed by atoms with Crippen molar-refractivity contribution in [2.24, 2.45) is 0 Å². The Morgan fingerprint density at radius 3 is 1.26 bits per heavy atom. The predicted molar refractivity (Wildman–Crippen MR) is 168 cm³/mol. The lowest BCUT2D eigenvalue weighted by atomic mass is 10.0. The van der Waals surface area contributed by atoms with E-state index in [0.717, 1.165) is 44.9 Å². The van der Waals surface area contributed by atoms with Crippen molar-refractivity contribution in [2.45, 2.75) is 143 Å². The summed E-state index contributed by atoms with van der Waals surface area (Å²) in [4.78, 5) is 46.2. The predicted octanol–water partition coefficient (Wildman–Crippen LogP) is 10.3. The summed E-state index contributed by atoms with van der Waals surface area (Å²) < 4.78 is 0. The molecule has 0 amide bonds. The molecule has 0 N–H and O–H groups in total. The van der Waals surface area contributed by atoms with Gasteiger partial charge in [0.15, 0.2) is 0 Å². The Bertz CT molecular complexity index is 898. The summed E-state index contributed by atoms with van der Waals surface area (Å²) in [6.07, 6.45) is 18.8. The zero-order chi connectivity index (χ0) is 30.3. The third kappa shape index (κ3) is 15.5. The zero-order valence-electron chi connectivity index (χ0n) is 26.4. The summed E-state index contributed by atoms with van der Waals surface area (Å²) >= 11 is 0. The van der Waals surface area contributed by atoms with E-state index in [9.17, 15) is 9.59 Å². The topological polar surface area (TPSA) is 71.1 Å². The summed E-state index contributed by atoms with van der Waals surface area (Å²) in [7, 11) is 0. The van der Waals surface area contributed by atoms with Gasteiger partial charge in [-0.1, -0.05) is 122 Å². The zero-order valence-corrected chi connectivity index (χ0v) is 26.4. The van der Waals surface area contributed by atoms with Gasteiger partial charge in [0, 0.05) is 6.42 Å². The van der Waals surface area contributed by atoms with Gasteiger partial charge < -0.3 is 0 Å². The standard InChI is InChI=1S/C36H54O6/c1-4-7-10-13-14-15-18-21-34(39-41-35(37)32-26-22-30(23-27-32)19-16-11-8-5-2)40-42-36(38)33-28-24-31(25-29-33)20-17-12-9-6-3/h22-29,34H,4-21H2,1-3H3. The number of rotatable bonds is 24. The lowest BCUT2D eigenvalue weighted by Gasteiger charge is -2.15. The first kappa shape index (κ1) is 35.5. The van der Waals surface area contributed by atoms with Crippen LogP contribution in [-0.2, 0) is 32.4 Å². The molecule has 0 aliphatic heterocycles. The van der Waals surface area contributed by atoms with E-state index >= 15 is 0 Å². The Kier molecular flexibility index (Phi) is 19.3. The van der Waals surface area contributed by atoms with Gasteiger partial charge in [-0.25, -0.2) is 9.59 Å². The molecule has 0 radical (unpaired) electrons. The Hall–Kier alpha value is -2.70. The molecule has 2 aromatic carbocycles. The second-order valence-corrected chi connectivity index (χ2v) is 11.3. The highest BCUT2D eigenvalue weighted by atomic mass is 17.3. The van der Waals surface area contributed by atoms with Crippen LogP contribution in [0.15, 0.2) is 48.5 Å². The maximum atomic E-state index is 12.6. The third-order valence-electron chi connectivity index (χ3n) is 7.52. The minimum atomic E-state index is -1.01. The van der Waals surface area contributed by atoms with E-state index in [2.05, 4.69) is 20.8 Å². The summed E-state index contributed by atoms with van der Waals surface area (Å²) in [5.41, 5.74) is 3.18. The van der Waals surface area contributed by atoms with Crippen molar-refractivity contribution in [1.82, 2.24) is 0 Å². The van der Waals surface area contributed by atoms with Gasteiger partial charge in [0.05, 0.1) is 11.1 Å². The maximum Gasteiger partial charge on any atom is 0.373 e. The molecule has 0 aromatic heterocycles. The molecule has 2 aromatic rings. The average Bonchev–Trinajstić information content (AvgIpc) is 3.02. The quantitative estimate of drug-likeness (QED) is 0.0531. The van der Waals surface area contributed by atoms with Gasteiger partial charge in [-0.05, 0) is 67.5 Å². The van der Waals surface area contributed by atoms with Gasteiger partial charge >= 0.3 is 11.9 Å². The minimum absolute atomic E-state index is 0.397. The molecule has 0 saturated carbocycles. The van der Waals surface area contributed by atoms with Crippen molar-refractivity contribution in [3.63, 3.8) is 0 Å². The summed E-state index contributed by atoms with van der Waals surface area (Å²) in [5, 5.41) is 0. The molecule has 6 nitrogen and oxygen atoms in total. The van der Waals surface area contributed by atoms with E-state index in [-0.39, 0.29) is 0 Å². The van der Waals surface area contributed by atoms with Gasteiger partial charge in [-0.2, -0.15) is 0 Å². The number of carbonyl (C=O) groups is 2. The number of aryl methyl sites for hydroxylation is 2. The highest BCUT2D eigenvalue weighted by Gasteiger charge is 2.19. The molecule has 0 aliphatic rings. The fourth-order valence-corrected chi connectivity index (χ4v) is 4.80. The van der Waals surface area contributed by atoms with Crippen LogP contribution in [0.25, 0.3) is 0 Å². The van der Waals surface area contributed by atoms with Gasteiger partial charge in [0.25, 0.3) is 0 Å². The van der Waals surface area contributed by atoms with Crippen LogP contribution < -0.4 is 0 Å². The fraction of sp³-hybridized carbons (Fsp3) is 0.611. The molecule has 0 atom stereocenters. The molecule has 0 fully saturated rings. The number of hydrogen-bond acceptors (Lipinski definition) is 6. The lowest BCUT2D eigenvalue weighted by molar-refractivity contribution is -0.421. The highest BCUT2D eigenvalue weighted by molar-refractivity contribution is 5.89. The van der Waals surface area contributed by atoms with Crippen LogP contribution in [0.4, 0.5) is 0 Å². The molecular formula is C36H54O6. The van der Waals surface area contributed by atoms with Crippen LogP contribution in [0.3, 0.4) is 0 Å². The molecular weight excluding hydrogens is 528 g/mol. The monoisotopic (exact) mass is 582 g/mol. The molecule has 6 heteroatoms. The molecule has 42 heavy (non-hydrogen) atoms. The van der Waals surface area contributed by atoms with E-state index in [1.165, 1.54) is 75.3 Å². The SMILES string of the molecule is CCCCCCCCCC(OOC(=O)c1ccc(CCCCCC)cc1)OOC(=O)c1ccc(CCCCCC)cc1. The van der Waals surface area contributed by atoms with E-state index in [1.54, 1.807) is 24.3 Å². The number of hydrogen-bond donors (Lipinski definition) is 0. The Morgan fingerprint density at radius 1 is 0.500 bits per heavy atom. The smallest absolute Gasteiger partial charge is 0.290 e. The van der Waals surface area contributed by atoms with Crippen molar-refractivity contribution >= 4 is 11.9 Å². The van der Waals surface area contributed by atoms with Crippen LogP contribution in [0, 0.1) is 0 Å². The largest absolute Gasteiger partial charge is 0.373 e. The highest BCUT2D eigenvalue weighted by Crippen LogP contribution is 2.16. The van der Waals surface area contributed by atoms with Crippen molar-refractivity contribution < 1.29 is 29.1 Å². The normalized spacial score (nSPS) is 11.1. The average molecular weight is 583 g/mol. The Morgan fingerprint density at radius 2 is 0.857 bits per heavy atom. The molecule has 0 unspecified atom stereocenters. The third-order valence-corrected chi connectivity index (χ3v) is 7.52. The van der Waals surface area contributed by atoms with Gasteiger partial charge in [0.2, 0.25) is 6.29 Å². The van der Waals surface area contributed by atoms with Crippen LogP contribution in [0.2, 0.25) is 0 Å². The van der Waals surface area contributed by atoms with Gasteiger partial charge in [0.1, 0.15) is 0 Å². The molecule has 0 heterocycles. The minimum Gasteiger partial charge on any atom is -0.290 e. The van der Waals surface area contributed by atoms with Crippen LogP contribution in [0.1, 0.15) is 155 Å². The second-order valence-electron chi connectivity index (χ2n) is 11.3. The van der Waals surface area contributed by atoms with Crippen LogP contribution >= 0.6 is 0 Å². The first-order valence-corrected chi connectivity index (χ1v) is 16.5. The fourth-order valence-electron chi connectivity index (χ4n) is 4.80. The number of benzene rings is 2. The number of unbranched alkanes of at least 4 members (excludes halogenated alkanes) is 12. The molecule has 0 bridgehead atoms. The van der Waals surface area contributed by atoms with Crippen molar-refractivity contribution in [1.29, 1.82) is 0 Å². The summed E-state index contributed by atoms with van der Waals surface area (Å²) in [6, 6.07) is 14.8. The van der Waals surface area contributed by atoms with Crippen LogP contribution in [0.5, 0.6) is 0 Å². The van der Waals surface area contributed by atoms with Crippen molar-refractivity contribution in [3.8, 4) is 0 Å². The van der Waals surface area contributed by atoms with Gasteiger partial charge in [-0.15, -0.1) is 9.78 Å². The maximum absolute atomic E-state index is 12.6.